The van der Waals surface area contributed by atoms with Gasteiger partial charge in [-0.1, -0.05) is 23.2 Å². The number of ether oxygens (including phenoxy) is 1. The van der Waals surface area contributed by atoms with Crippen LogP contribution in [0.2, 0.25) is 10.0 Å². The highest BCUT2D eigenvalue weighted by atomic mass is 35.5. The fourth-order valence-electron chi connectivity index (χ4n) is 2.00. The van der Waals surface area contributed by atoms with Crippen molar-refractivity contribution in [3.63, 3.8) is 0 Å². The molecule has 22 heavy (non-hydrogen) atoms. The van der Waals surface area contributed by atoms with Gasteiger partial charge in [-0.2, -0.15) is 0 Å². The molecular formula is C14H11Cl2NO5. The predicted molar refractivity (Wildman–Crippen MR) is 78.1 cm³/mol. The van der Waals surface area contributed by atoms with Gasteiger partial charge in [0.1, 0.15) is 12.6 Å². The van der Waals surface area contributed by atoms with E-state index in [0.29, 0.717) is 0 Å². The number of rotatable bonds is 4. The molecule has 1 heterocycles. The van der Waals surface area contributed by atoms with E-state index in [9.17, 15) is 19.2 Å². The predicted octanol–water partition coefficient (Wildman–Crippen LogP) is 2.11. The van der Waals surface area contributed by atoms with Gasteiger partial charge in [-0.15, -0.1) is 0 Å². The van der Waals surface area contributed by atoms with E-state index in [1.165, 1.54) is 26.0 Å². The van der Waals surface area contributed by atoms with Crippen LogP contribution >= 0.6 is 23.2 Å². The van der Waals surface area contributed by atoms with Gasteiger partial charge in [0.15, 0.2) is 5.78 Å². The molecule has 0 radical (unpaired) electrons. The maximum Gasteiger partial charge on any atom is 0.329 e. The maximum atomic E-state index is 12.3. The van der Waals surface area contributed by atoms with Crippen LogP contribution in [0.4, 0.5) is 0 Å². The van der Waals surface area contributed by atoms with Crippen LogP contribution < -0.4 is 0 Å². The number of benzene rings is 1. The molecule has 0 aromatic heterocycles. The van der Waals surface area contributed by atoms with Crippen molar-refractivity contribution in [2.24, 2.45) is 0 Å². The second-order valence-corrected chi connectivity index (χ2v) is 5.59. The normalized spacial score (nSPS) is 14.8. The molecule has 0 bridgehead atoms. The number of esters is 1. The third kappa shape index (κ3) is 2.84. The summed E-state index contributed by atoms with van der Waals surface area (Å²) >= 11 is 11.7. The molecular weight excluding hydrogens is 333 g/mol. The molecule has 1 aliphatic heterocycles. The summed E-state index contributed by atoms with van der Waals surface area (Å²) in [4.78, 5) is 48.0. The summed E-state index contributed by atoms with van der Waals surface area (Å²) in [6, 6.07) is 1.41. The number of halogens is 2. The van der Waals surface area contributed by atoms with Crippen molar-refractivity contribution in [1.82, 2.24) is 4.90 Å². The fraction of sp³-hybridized carbons (Fsp3) is 0.286. The molecule has 0 fully saturated rings. The van der Waals surface area contributed by atoms with Gasteiger partial charge in [-0.3, -0.25) is 19.3 Å². The lowest BCUT2D eigenvalue weighted by Gasteiger charge is -2.20. The van der Waals surface area contributed by atoms with Crippen LogP contribution in [0.25, 0.3) is 0 Å². The maximum absolute atomic E-state index is 12.3. The van der Waals surface area contributed by atoms with Crippen LogP contribution in [-0.2, 0) is 14.3 Å². The second kappa shape index (κ2) is 6.06. The van der Waals surface area contributed by atoms with Crippen LogP contribution in [0, 0.1) is 0 Å². The third-order valence-electron chi connectivity index (χ3n) is 3.10. The van der Waals surface area contributed by atoms with E-state index in [-0.39, 0.29) is 27.0 Å². The summed E-state index contributed by atoms with van der Waals surface area (Å²) < 4.78 is 4.73. The number of Topliss-reactive ketones (excluding diaryl/α,β-unsaturated/α-hetero) is 1. The quantitative estimate of drug-likeness (QED) is 0.617. The first-order valence-electron chi connectivity index (χ1n) is 6.27. The Morgan fingerprint density at radius 2 is 1.59 bits per heavy atom. The van der Waals surface area contributed by atoms with Crippen LogP contribution in [0.1, 0.15) is 34.6 Å². The minimum atomic E-state index is -1.16. The third-order valence-corrected chi connectivity index (χ3v) is 3.83. The topological polar surface area (TPSA) is 80.8 Å². The molecule has 0 unspecified atom stereocenters. The van der Waals surface area contributed by atoms with Gasteiger partial charge < -0.3 is 4.74 Å². The average molecular weight is 344 g/mol. The van der Waals surface area contributed by atoms with E-state index in [1.807, 2.05) is 0 Å². The molecule has 0 aliphatic carbocycles. The molecule has 6 nitrogen and oxygen atoms in total. The fourth-order valence-corrected chi connectivity index (χ4v) is 2.33. The van der Waals surface area contributed by atoms with E-state index >= 15 is 0 Å². The van der Waals surface area contributed by atoms with Gasteiger partial charge in [0, 0.05) is 0 Å². The monoisotopic (exact) mass is 343 g/mol. The van der Waals surface area contributed by atoms with Crippen LogP contribution in [0.3, 0.4) is 0 Å². The number of carbonyl (C=O) groups excluding carboxylic acids is 4. The van der Waals surface area contributed by atoms with E-state index in [2.05, 4.69) is 0 Å². The van der Waals surface area contributed by atoms with Gasteiger partial charge in [-0.05, 0) is 26.0 Å². The lowest BCUT2D eigenvalue weighted by Crippen LogP contribution is -2.44. The summed E-state index contributed by atoms with van der Waals surface area (Å²) in [5.41, 5.74) is 0.149. The molecule has 1 aromatic rings. The Morgan fingerprint density at radius 3 is 2.00 bits per heavy atom. The van der Waals surface area contributed by atoms with Crippen LogP contribution in [-0.4, -0.2) is 41.1 Å². The van der Waals surface area contributed by atoms with Crippen LogP contribution in [0.5, 0.6) is 0 Å². The molecule has 1 aromatic carbocycles. The van der Waals surface area contributed by atoms with E-state index in [4.69, 9.17) is 27.9 Å². The number of nitrogens with zero attached hydrogens (tertiary/aromatic N) is 1. The number of fused-ring (bicyclic) bond motifs is 1. The average Bonchev–Trinajstić information content (AvgIpc) is 2.68. The lowest BCUT2D eigenvalue weighted by atomic mass is 10.1. The van der Waals surface area contributed by atoms with Gasteiger partial charge in [0.05, 0.1) is 21.2 Å². The van der Waals surface area contributed by atoms with Crippen molar-refractivity contribution >= 4 is 46.8 Å². The van der Waals surface area contributed by atoms with E-state index in [0.717, 1.165) is 4.90 Å². The summed E-state index contributed by atoms with van der Waals surface area (Å²) in [5, 5.41) is 0.269. The highest BCUT2D eigenvalue weighted by Gasteiger charge is 2.42. The number of amides is 2. The first kappa shape index (κ1) is 16.5. The minimum Gasteiger partial charge on any atom is -0.456 e. The second-order valence-electron chi connectivity index (χ2n) is 4.78. The molecule has 0 spiro atoms. The Labute approximate surface area is 135 Å². The largest absolute Gasteiger partial charge is 0.456 e. The summed E-state index contributed by atoms with van der Waals surface area (Å²) in [7, 11) is 0. The van der Waals surface area contributed by atoms with Gasteiger partial charge in [0.2, 0.25) is 0 Å². The zero-order valence-corrected chi connectivity index (χ0v) is 13.2. The lowest BCUT2D eigenvalue weighted by molar-refractivity contribution is -0.150. The smallest absolute Gasteiger partial charge is 0.329 e. The molecule has 2 amide bonds. The Balaban J connectivity index is 2.27. The molecule has 0 saturated carbocycles. The molecule has 0 N–H and O–H groups in total. The van der Waals surface area contributed by atoms with Crippen molar-refractivity contribution in [1.29, 1.82) is 0 Å². The zero-order valence-electron chi connectivity index (χ0n) is 11.7. The van der Waals surface area contributed by atoms with E-state index < -0.39 is 30.4 Å². The molecule has 2 rings (SSSR count). The minimum absolute atomic E-state index is 0.0746. The van der Waals surface area contributed by atoms with Crippen molar-refractivity contribution in [3.05, 3.63) is 33.3 Å². The molecule has 1 atom stereocenters. The molecule has 8 heteroatoms. The Bertz CT molecular complexity index is 660. The van der Waals surface area contributed by atoms with Gasteiger partial charge in [0.25, 0.3) is 11.8 Å². The van der Waals surface area contributed by atoms with E-state index in [1.54, 1.807) is 0 Å². The van der Waals surface area contributed by atoms with Gasteiger partial charge >= 0.3 is 5.97 Å². The summed E-state index contributed by atoms with van der Waals surface area (Å²) in [5.74, 6) is -2.51. The first-order valence-corrected chi connectivity index (χ1v) is 7.02. The van der Waals surface area contributed by atoms with Gasteiger partial charge in [-0.25, -0.2) is 4.79 Å². The number of hydrogen-bond acceptors (Lipinski definition) is 5. The number of carbonyl (C=O) groups is 4. The first-order chi connectivity index (χ1) is 10.2. The number of ketones is 1. The highest BCUT2D eigenvalue weighted by Crippen LogP contribution is 2.32. The highest BCUT2D eigenvalue weighted by molar-refractivity contribution is 6.43. The van der Waals surface area contributed by atoms with Crippen molar-refractivity contribution < 1.29 is 23.9 Å². The summed E-state index contributed by atoms with van der Waals surface area (Å²) in [6.07, 6.45) is 0. The number of imide groups is 1. The molecule has 116 valence electrons. The van der Waals surface area contributed by atoms with Crippen molar-refractivity contribution in [2.75, 3.05) is 6.61 Å². The molecule has 0 saturated heterocycles. The number of hydrogen-bond donors (Lipinski definition) is 0. The standard InChI is InChI=1S/C14H11Cl2NO5/c1-6(18)5-22-14(21)7(2)17-12(19)8-3-10(15)11(16)4-9(8)13(17)20/h3-4,7H,5H2,1-2H3/t7-/m0/s1. The SMILES string of the molecule is CC(=O)COC(=O)[C@H](C)N1C(=O)c2cc(Cl)c(Cl)cc2C1=O. The van der Waals surface area contributed by atoms with Crippen LogP contribution in [0.15, 0.2) is 12.1 Å². The Hall–Kier alpha value is -1.92. The zero-order chi connectivity index (χ0) is 16.6. The Morgan fingerprint density at radius 1 is 1.14 bits per heavy atom. The van der Waals surface area contributed by atoms with Crippen molar-refractivity contribution in [2.45, 2.75) is 19.9 Å². The summed E-state index contributed by atoms with van der Waals surface area (Å²) in [6.45, 7) is 2.18. The van der Waals surface area contributed by atoms with Crippen molar-refractivity contribution in [3.8, 4) is 0 Å². The Kier molecular flexibility index (Phi) is 4.53. The molecule has 1 aliphatic rings.